The SMILES string of the molecule is CC1CCN(C(=O)c2cc3cc(C(F)(F)F)ccc3n2C)CC1O. The van der Waals surface area contributed by atoms with Gasteiger partial charge in [-0.15, -0.1) is 0 Å². The molecule has 2 heterocycles. The molecule has 3 rings (SSSR count). The number of benzene rings is 1. The number of hydrogen-bond donors (Lipinski definition) is 1. The lowest BCUT2D eigenvalue weighted by atomic mass is 9.96. The number of aliphatic hydroxyl groups excluding tert-OH is 1. The van der Waals surface area contributed by atoms with Crippen molar-refractivity contribution in [2.75, 3.05) is 13.1 Å². The first-order chi connectivity index (χ1) is 11.2. The van der Waals surface area contributed by atoms with Gasteiger partial charge in [0.15, 0.2) is 0 Å². The Morgan fingerprint density at radius 3 is 2.62 bits per heavy atom. The second kappa shape index (κ2) is 5.81. The molecule has 2 atom stereocenters. The average molecular weight is 340 g/mol. The molecule has 1 fully saturated rings. The molecule has 130 valence electrons. The molecule has 1 aromatic heterocycles. The Labute approximate surface area is 137 Å². The van der Waals surface area contributed by atoms with Crippen molar-refractivity contribution in [3.05, 3.63) is 35.5 Å². The molecule has 0 spiro atoms. The standard InChI is InChI=1S/C17H19F3N2O2/c1-10-5-6-22(9-15(10)23)16(24)14-8-11-7-12(17(18,19)20)3-4-13(11)21(14)2/h3-4,7-8,10,15,23H,5-6,9H2,1-2H3. The summed E-state index contributed by atoms with van der Waals surface area (Å²) in [4.78, 5) is 14.3. The molecule has 0 radical (unpaired) electrons. The summed E-state index contributed by atoms with van der Waals surface area (Å²) in [7, 11) is 1.66. The predicted octanol–water partition coefficient (Wildman–Crippen LogP) is 3.04. The molecule has 4 nitrogen and oxygen atoms in total. The van der Waals surface area contributed by atoms with Crippen LogP contribution in [0.25, 0.3) is 10.9 Å². The molecule has 24 heavy (non-hydrogen) atoms. The fourth-order valence-electron chi connectivity index (χ4n) is 3.13. The first-order valence-electron chi connectivity index (χ1n) is 7.82. The van der Waals surface area contributed by atoms with E-state index in [2.05, 4.69) is 0 Å². The monoisotopic (exact) mass is 340 g/mol. The van der Waals surface area contributed by atoms with E-state index in [0.29, 0.717) is 29.6 Å². The van der Waals surface area contributed by atoms with Gasteiger partial charge in [-0.3, -0.25) is 4.79 Å². The summed E-state index contributed by atoms with van der Waals surface area (Å²) in [5, 5.41) is 10.3. The van der Waals surface area contributed by atoms with E-state index in [9.17, 15) is 23.1 Å². The van der Waals surface area contributed by atoms with Crippen LogP contribution in [-0.2, 0) is 13.2 Å². The first-order valence-corrected chi connectivity index (χ1v) is 7.82. The number of piperidine rings is 1. The minimum absolute atomic E-state index is 0.135. The number of carbonyl (C=O) groups is 1. The minimum atomic E-state index is -4.42. The third-order valence-corrected chi connectivity index (χ3v) is 4.79. The predicted molar refractivity (Wildman–Crippen MR) is 83.6 cm³/mol. The van der Waals surface area contributed by atoms with Crippen LogP contribution in [0.1, 0.15) is 29.4 Å². The Balaban J connectivity index is 1.95. The molecule has 1 aliphatic heterocycles. The Morgan fingerprint density at radius 2 is 2.00 bits per heavy atom. The number of likely N-dealkylation sites (tertiary alicyclic amines) is 1. The van der Waals surface area contributed by atoms with Crippen LogP contribution in [0.4, 0.5) is 13.2 Å². The van der Waals surface area contributed by atoms with Gasteiger partial charge in [0.2, 0.25) is 0 Å². The second-order valence-corrected chi connectivity index (χ2v) is 6.44. The summed E-state index contributed by atoms with van der Waals surface area (Å²) in [5.74, 6) is -0.135. The summed E-state index contributed by atoms with van der Waals surface area (Å²) >= 11 is 0. The average Bonchev–Trinajstić information content (AvgIpc) is 2.85. The number of β-amino-alcohol motifs (C(OH)–C–C–N with tert-alkyl or cyclic N) is 1. The van der Waals surface area contributed by atoms with E-state index in [1.807, 2.05) is 6.92 Å². The van der Waals surface area contributed by atoms with E-state index in [0.717, 1.165) is 12.1 Å². The number of amides is 1. The molecule has 1 aliphatic rings. The van der Waals surface area contributed by atoms with Crippen molar-refractivity contribution in [3.8, 4) is 0 Å². The highest BCUT2D eigenvalue weighted by molar-refractivity contribution is 5.99. The summed E-state index contributed by atoms with van der Waals surface area (Å²) in [5.41, 5.74) is 0.158. The van der Waals surface area contributed by atoms with E-state index in [1.165, 1.54) is 12.1 Å². The van der Waals surface area contributed by atoms with E-state index in [1.54, 1.807) is 16.5 Å². The number of nitrogens with zero attached hydrogens (tertiary/aromatic N) is 2. The molecule has 2 aromatic rings. The van der Waals surface area contributed by atoms with Gasteiger partial charge in [0.05, 0.1) is 11.7 Å². The van der Waals surface area contributed by atoms with E-state index in [4.69, 9.17) is 0 Å². The molecule has 0 saturated carbocycles. The number of hydrogen-bond acceptors (Lipinski definition) is 2. The zero-order valence-electron chi connectivity index (χ0n) is 13.5. The summed E-state index contributed by atoms with van der Waals surface area (Å²) in [6.45, 7) is 2.71. The third kappa shape index (κ3) is 2.88. The van der Waals surface area contributed by atoms with Gasteiger partial charge in [-0.25, -0.2) is 0 Å². The number of fused-ring (bicyclic) bond motifs is 1. The first kappa shape index (κ1) is 16.8. The minimum Gasteiger partial charge on any atom is -0.391 e. The number of halogens is 3. The van der Waals surface area contributed by atoms with Crippen LogP contribution >= 0.6 is 0 Å². The number of alkyl halides is 3. The van der Waals surface area contributed by atoms with Gasteiger partial charge in [-0.05, 0) is 36.6 Å². The maximum absolute atomic E-state index is 12.8. The second-order valence-electron chi connectivity index (χ2n) is 6.44. The van der Waals surface area contributed by atoms with E-state index < -0.39 is 17.8 Å². The molecular weight excluding hydrogens is 321 g/mol. The molecular formula is C17H19F3N2O2. The van der Waals surface area contributed by atoms with Crippen LogP contribution in [0.3, 0.4) is 0 Å². The topological polar surface area (TPSA) is 45.5 Å². The number of aliphatic hydroxyl groups is 1. The summed E-state index contributed by atoms with van der Waals surface area (Å²) < 4.78 is 40.1. The van der Waals surface area contributed by atoms with Crippen LogP contribution in [0.15, 0.2) is 24.3 Å². The van der Waals surface area contributed by atoms with Crippen molar-refractivity contribution in [1.82, 2.24) is 9.47 Å². The lowest BCUT2D eigenvalue weighted by Gasteiger charge is -2.34. The van der Waals surface area contributed by atoms with Gasteiger partial charge in [-0.2, -0.15) is 13.2 Å². The van der Waals surface area contributed by atoms with Crippen LogP contribution in [-0.4, -0.2) is 39.7 Å². The van der Waals surface area contributed by atoms with Crippen molar-refractivity contribution >= 4 is 16.8 Å². The third-order valence-electron chi connectivity index (χ3n) is 4.79. The molecule has 7 heteroatoms. The van der Waals surface area contributed by atoms with Gasteiger partial charge in [-0.1, -0.05) is 6.92 Å². The summed E-state index contributed by atoms with van der Waals surface area (Å²) in [6, 6.07) is 4.93. The van der Waals surface area contributed by atoms with Crippen molar-refractivity contribution in [2.45, 2.75) is 25.6 Å². The number of aromatic nitrogens is 1. The zero-order valence-corrected chi connectivity index (χ0v) is 13.5. The smallest absolute Gasteiger partial charge is 0.391 e. The van der Waals surface area contributed by atoms with Gasteiger partial charge in [0, 0.05) is 31.0 Å². The number of rotatable bonds is 1. The van der Waals surface area contributed by atoms with Crippen LogP contribution in [0, 0.1) is 5.92 Å². The van der Waals surface area contributed by atoms with E-state index in [-0.39, 0.29) is 18.4 Å². The molecule has 1 N–H and O–H groups in total. The molecule has 0 aliphatic carbocycles. The zero-order chi connectivity index (χ0) is 17.6. The van der Waals surface area contributed by atoms with Crippen LogP contribution < -0.4 is 0 Å². The van der Waals surface area contributed by atoms with Gasteiger partial charge in [0.25, 0.3) is 5.91 Å². The Kier molecular flexibility index (Phi) is 4.07. The lowest BCUT2D eigenvalue weighted by molar-refractivity contribution is -0.137. The fourth-order valence-corrected chi connectivity index (χ4v) is 3.13. The van der Waals surface area contributed by atoms with Gasteiger partial charge in [0.1, 0.15) is 5.69 Å². The summed E-state index contributed by atoms with van der Waals surface area (Å²) in [6.07, 6.45) is -4.29. The van der Waals surface area contributed by atoms with Crippen LogP contribution in [0.5, 0.6) is 0 Å². The highest BCUT2D eigenvalue weighted by atomic mass is 19.4. The quantitative estimate of drug-likeness (QED) is 0.867. The largest absolute Gasteiger partial charge is 0.416 e. The molecule has 1 amide bonds. The van der Waals surface area contributed by atoms with Gasteiger partial charge < -0.3 is 14.6 Å². The number of aryl methyl sites for hydroxylation is 1. The maximum atomic E-state index is 12.8. The normalized spacial score (nSPS) is 22.2. The fraction of sp³-hybridized carbons (Fsp3) is 0.471. The maximum Gasteiger partial charge on any atom is 0.416 e. The molecule has 1 saturated heterocycles. The lowest BCUT2D eigenvalue weighted by Crippen LogP contribution is -2.46. The Hall–Kier alpha value is -2.02. The van der Waals surface area contributed by atoms with E-state index >= 15 is 0 Å². The van der Waals surface area contributed by atoms with Crippen molar-refractivity contribution in [1.29, 1.82) is 0 Å². The highest BCUT2D eigenvalue weighted by Crippen LogP contribution is 2.32. The molecule has 2 unspecified atom stereocenters. The number of carbonyl (C=O) groups excluding carboxylic acids is 1. The Morgan fingerprint density at radius 1 is 1.29 bits per heavy atom. The Bertz CT molecular complexity index is 782. The molecule has 1 aromatic carbocycles. The molecule has 0 bridgehead atoms. The highest BCUT2D eigenvalue weighted by Gasteiger charge is 2.32. The van der Waals surface area contributed by atoms with Crippen molar-refractivity contribution in [2.24, 2.45) is 13.0 Å². The van der Waals surface area contributed by atoms with Gasteiger partial charge >= 0.3 is 6.18 Å². The van der Waals surface area contributed by atoms with Crippen LogP contribution in [0.2, 0.25) is 0 Å². The van der Waals surface area contributed by atoms with Crippen molar-refractivity contribution in [3.63, 3.8) is 0 Å². The van der Waals surface area contributed by atoms with Crippen molar-refractivity contribution < 1.29 is 23.1 Å².